The highest BCUT2D eigenvalue weighted by atomic mass is 127. The second-order valence-electron chi connectivity index (χ2n) is 7.43. The third-order valence-corrected chi connectivity index (χ3v) is 5.19. The number of amides is 1. The first-order chi connectivity index (χ1) is 14.2. The summed E-state index contributed by atoms with van der Waals surface area (Å²) in [5.74, 6) is 1.37. The van der Waals surface area contributed by atoms with Crippen LogP contribution < -0.4 is 10.6 Å². The number of nitrogens with zero attached hydrogens (tertiary/aromatic N) is 5. The van der Waals surface area contributed by atoms with Crippen molar-refractivity contribution in [3.63, 3.8) is 0 Å². The van der Waals surface area contributed by atoms with Crippen molar-refractivity contribution in [1.82, 2.24) is 30.3 Å². The third kappa shape index (κ3) is 7.92. The van der Waals surface area contributed by atoms with E-state index in [-0.39, 0.29) is 29.9 Å². The van der Waals surface area contributed by atoms with Crippen LogP contribution in [0.3, 0.4) is 0 Å². The average Bonchev–Trinajstić information content (AvgIpc) is 3.39. The number of benzene rings is 1. The number of aromatic nitrogens is 3. The zero-order chi connectivity index (χ0) is 20.3. The molecule has 1 unspecified atom stereocenters. The molecule has 0 bridgehead atoms. The maximum absolute atomic E-state index is 12.3. The molecule has 1 fully saturated rings. The molecular weight excluding hydrogens is 493 g/mol. The summed E-state index contributed by atoms with van der Waals surface area (Å²) in [6.45, 7) is 4.14. The fourth-order valence-electron chi connectivity index (χ4n) is 3.54. The molecule has 3 rings (SSSR count). The summed E-state index contributed by atoms with van der Waals surface area (Å²) in [6.07, 6.45) is 7.08. The summed E-state index contributed by atoms with van der Waals surface area (Å²) in [6, 6.07) is 10.3. The van der Waals surface area contributed by atoms with Gasteiger partial charge in [-0.15, -0.1) is 34.2 Å². The minimum Gasteiger partial charge on any atom is -0.356 e. The molecule has 2 heterocycles. The maximum Gasteiger partial charge on any atom is 0.223 e. The molecule has 1 aromatic carbocycles. The topological polar surface area (TPSA) is 87.4 Å². The molecule has 2 N–H and O–H groups in total. The summed E-state index contributed by atoms with van der Waals surface area (Å²) in [7, 11) is 1.78. The Bertz CT molecular complexity index is 767. The lowest BCUT2D eigenvalue weighted by molar-refractivity contribution is -0.127. The van der Waals surface area contributed by atoms with Crippen LogP contribution in [0.25, 0.3) is 0 Å². The second-order valence-corrected chi connectivity index (χ2v) is 7.43. The molecule has 0 aliphatic carbocycles. The van der Waals surface area contributed by atoms with Gasteiger partial charge in [0, 0.05) is 52.1 Å². The molecule has 30 heavy (non-hydrogen) atoms. The van der Waals surface area contributed by atoms with Crippen molar-refractivity contribution in [2.24, 2.45) is 10.9 Å². The van der Waals surface area contributed by atoms with Crippen molar-refractivity contribution in [3.8, 4) is 0 Å². The SMILES string of the molecule is CN=C(NCCCCn1cnnc1)NCC1CC(=O)N(CCc2ccccc2)C1.I. The largest absolute Gasteiger partial charge is 0.356 e. The molecule has 0 saturated carbocycles. The summed E-state index contributed by atoms with van der Waals surface area (Å²) < 4.78 is 1.98. The predicted molar refractivity (Wildman–Crippen MR) is 129 cm³/mol. The number of likely N-dealkylation sites (tertiary alicyclic amines) is 1. The molecule has 0 spiro atoms. The van der Waals surface area contributed by atoms with Crippen molar-refractivity contribution >= 4 is 35.8 Å². The van der Waals surface area contributed by atoms with Gasteiger partial charge < -0.3 is 20.1 Å². The number of rotatable bonds is 10. The lowest BCUT2D eigenvalue weighted by Gasteiger charge is -2.18. The van der Waals surface area contributed by atoms with Crippen LogP contribution in [-0.2, 0) is 17.8 Å². The Morgan fingerprint density at radius 2 is 1.90 bits per heavy atom. The van der Waals surface area contributed by atoms with Crippen LogP contribution >= 0.6 is 24.0 Å². The van der Waals surface area contributed by atoms with Gasteiger partial charge in [-0.1, -0.05) is 30.3 Å². The lowest BCUT2D eigenvalue weighted by atomic mass is 10.1. The molecule has 1 aliphatic heterocycles. The van der Waals surface area contributed by atoms with Gasteiger partial charge in [0.15, 0.2) is 5.96 Å². The Balaban J connectivity index is 0.00000320. The van der Waals surface area contributed by atoms with Gasteiger partial charge in [0.25, 0.3) is 0 Å². The van der Waals surface area contributed by atoms with E-state index in [1.165, 1.54) is 5.56 Å². The number of carbonyl (C=O) groups is 1. The minimum absolute atomic E-state index is 0. The van der Waals surface area contributed by atoms with Gasteiger partial charge in [-0.2, -0.15) is 0 Å². The Labute approximate surface area is 195 Å². The predicted octanol–water partition coefficient (Wildman–Crippen LogP) is 1.93. The van der Waals surface area contributed by atoms with Crippen LogP contribution in [-0.4, -0.2) is 64.8 Å². The zero-order valence-electron chi connectivity index (χ0n) is 17.5. The van der Waals surface area contributed by atoms with Crippen molar-refractivity contribution < 1.29 is 4.79 Å². The third-order valence-electron chi connectivity index (χ3n) is 5.19. The van der Waals surface area contributed by atoms with E-state index in [4.69, 9.17) is 0 Å². The molecule has 1 amide bonds. The fourth-order valence-corrected chi connectivity index (χ4v) is 3.54. The number of hydrogen-bond donors (Lipinski definition) is 2. The van der Waals surface area contributed by atoms with Crippen molar-refractivity contribution in [2.75, 3.05) is 33.2 Å². The van der Waals surface area contributed by atoms with Gasteiger partial charge in [-0.05, 0) is 24.8 Å². The highest BCUT2D eigenvalue weighted by Crippen LogP contribution is 2.17. The van der Waals surface area contributed by atoms with Gasteiger partial charge in [0.1, 0.15) is 12.7 Å². The molecular formula is C21H32IN7O. The van der Waals surface area contributed by atoms with Crippen LogP contribution in [0, 0.1) is 5.92 Å². The highest BCUT2D eigenvalue weighted by molar-refractivity contribution is 14.0. The normalized spacial score (nSPS) is 16.4. The van der Waals surface area contributed by atoms with E-state index in [2.05, 4.69) is 38.0 Å². The standard InChI is InChI=1S/C21H31N7O.HI/c1-22-21(23-10-5-6-11-27-16-25-26-17-27)24-14-19-13-20(29)28(15-19)12-9-18-7-3-2-4-8-18;/h2-4,7-8,16-17,19H,5-6,9-15H2,1H3,(H2,22,23,24);1H. The fraction of sp³-hybridized carbons (Fsp3) is 0.524. The van der Waals surface area contributed by atoms with E-state index in [1.54, 1.807) is 19.7 Å². The van der Waals surface area contributed by atoms with E-state index >= 15 is 0 Å². The minimum atomic E-state index is 0. The maximum atomic E-state index is 12.3. The lowest BCUT2D eigenvalue weighted by Crippen LogP contribution is -2.40. The number of hydrogen-bond acceptors (Lipinski definition) is 4. The van der Waals surface area contributed by atoms with Crippen LogP contribution in [0.15, 0.2) is 48.0 Å². The van der Waals surface area contributed by atoms with Gasteiger partial charge >= 0.3 is 0 Å². The molecule has 1 atom stereocenters. The van der Waals surface area contributed by atoms with Crippen LogP contribution in [0.5, 0.6) is 0 Å². The summed E-state index contributed by atoms with van der Waals surface area (Å²) in [5.41, 5.74) is 1.27. The first kappa shape index (κ1) is 24.1. The quantitative estimate of drug-likeness (QED) is 0.214. The van der Waals surface area contributed by atoms with E-state index in [9.17, 15) is 4.79 Å². The highest BCUT2D eigenvalue weighted by Gasteiger charge is 2.29. The monoisotopic (exact) mass is 525 g/mol. The Morgan fingerprint density at radius 1 is 1.13 bits per heavy atom. The van der Waals surface area contributed by atoms with Gasteiger partial charge in [0.05, 0.1) is 0 Å². The summed E-state index contributed by atoms with van der Waals surface area (Å²) in [5, 5.41) is 14.3. The second kappa shape index (κ2) is 13.2. The number of halogens is 1. The summed E-state index contributed by atoms with van der Waals surface area (Å²) >= 11 is 0. The number of carbonyl (C=O) groups excluding carboxylic acids is 1. The van der Waals surface area contributed by atoms with E-state index in [0.29, 0.717) is 12.3 Å². The van der Waals surface area contributed by atoms with Crippen molar-refractivity contribution in [2.45, 2.75) is 32.2 Å². The van der Waals surface area contributed by atoms with E-state index in [1.807, 2.05) is 27.7 Å². The molecule has 0 radical (unpaired) electrons. The number of aliphatic imine (C=N–C) groups is 1. The van der Waals surface area contributed by atoms with Gasteiger partial charge in [-0.25, -0.2) is 0 Å². The van der Waals surface area contributed by atoms with Crippen LogP contribution in [0.1, 0.15) is 24.8 Å². The number of aryl methyl sites for hydroxylation is 1. The first-order valence-corrected chi connectivity index (χ1v) is 10.3. The first-order valence-electron chi connectivity index (χ1n) is 10.3. The number of nitrogens with one attached hydrogen (secondary N) is 2. The van der Waals surface area contributed by atoms with Crippen LogP contribution in [0.2, 0.25) is 0 Å². The zero-order valence-corrected chi connectivity index (χ0v) is 19.9. The van der Waals surface area contributed by atoms with Crippen molar-refractivity contribution in [3.05, 3.63) is 48.5 Å². The van der Waals surface area contributed by atoms with Gasteiger partial charge in [0.2, 0.25) is 5.91 Å². The Kier molecular flexibility index (Phi) is 10.6. The van der Waals surface area contributed by atoms with E-state index in [0.717, 1.165) is 57.9 Å². The summed E-state index contributed by atoms with van der Waals surface area (Å²) in [4.78, 5) is 18.6. The molecule has 164 valence electrons. The van der Waals surface area contributed by atoms with Crippen molar-refractivity contribution in [1.29, 1.82) is 0 Å². The van der Waals surface area contributed by atoms with Gasteiger partial charge in [-0.3, -0.25) is 9.79 Å². The smallest absolute Gasteiger partial charge is 0.223 e. The molecule has 8 nitrogen and oxygen atoms in total. The molecule has 1 aliphatic rings. The molecule has 2 aromatic rings. The Morgan fingerprint density at radius 3 is 2.63 bits per heavy atom. The molecule has 1 aromatic heterocycles. The average molecular weight is 525 g/mol. The van der Waals surface area contributed by atoms with E-state index < -0.39 is 0 Å². The number of guanidine groups is 1. The molecule has 9 heteroatoms. The Hall–Kier alpha value is -2.17. The number of unbranched alkanes of at least 4 members (excludes halogenated alkanes) is 1. The molecule has 1 saturated heterocycles. The van der Waals surface area contributed by atoms with Crippen LogP contribution in [0.4, 0.5) is 0 Å².